The predicted octanol–water partition coefficient (Wildman–Crippen LogP) is 4.31. The molecule has 0 saturated heterocycles. The minimum atomic E-state index is 0.370. The largest absolute Gasteiger partial charge is 0.328 e. The van der Waals surface area contributed by atoms with Crippen LogP contribution in [0.4, 0.5) is 0 Å². The van der Waals surface area contributed by atoms with Crippen molar-refractivity contribution in [3.63, 3.8) is 0 Å². The van der Waals surface area contributed by atoms with E-state index < -0.39 is 0 Å². The number of benzene rings is 1. The van der Waals surface area contributed by atoms with Crippen molar-refractivity contribution in [2.24, 2.45) is 11.1 Å². The Morgan fingerprint density at radius 2 is 2.00 bits per heavy atom. The average molecular weight is 245 g/mol. The minimum Gasteiger partial charge on any atom is -0.328 e. The number of rotatable bonds is 2. The van der Waals surface area contributed by atoms with Gasteiger partial charge in [0.05, 0.1) is 0 Å². The molecule has 0 aliphatic heterocycles. The first-order valence-electron chi connectivity index (χ1n) is 7.26. The van der Waals surface area contributed by atoms with Crippen LogP contribution in [0.15, 0.2) is 18.2 Å². The molecule has 1 aromatic rings. The lowest BCUT2D eigenvalue weighted by atomic mass is 9.65. The van der Waals surface area contributed by atoms with Crippen molar-refractivity contribution in [2.75, 3.05) is 0 Å². The van der Waals surface area contributed by atoms with Crippen molar-refractivity contribution in [1.29, 1.82) is 0 Å². The summed E-state index contributed by atoms with van der Waals surface area (Å²) in [5.41, 5.74) is 11.0. The van der Waals surface area contributed by atoms with Crippen LogP contribution in [0.2, 0.25) is 0 Å². The molecule has 2 rings (SSSR count). The fourth-order valence-corrected chi connectivity index (χ4v) is 3.65. The zero-order chi connectivity index (χ0) is 13.3. The lowest BCUT2D eigenvalue weighted by Crippen LogP contribution is -2.37. The van der Waals surface area contributed by atoms with Gasteiger partial charge in [-0.3, -0.25) is 0 Å². The summed E-state index contributed by atoms with van der Waals surface area (Å²) in [5, 5.41) is 0. The van der Waals surface area contributed by atoms with E-state index in [0.29, 0.717) is 17.4 Å². The van der Waals surface area contributed by atoms with Gasteiger partial charge in [0.1, 0.15) is 0 Å². The van der Waals surface area contributed by atoms with Gasteiger partial charge >= 0.3 is 0 Å². The topological polar surface area (TPSA) is 26.0 Å². The summed E-state index contributed by atoms with van der Waals surface area (Å²) in [5.74, 6) is 0.652. The first kappa shape index (κ1) is 13.6. The maximum Gasteiger partial charge on any atom is 0.00498 e. The number of hydrogen-bond acceptors (Lipinski definition) is 1. The summed E-state index contributed by atoms with van der Waals surface area (Å²) in [6.45, 7) is 9.12. The van der Waals surface area contributed by atoms with Gasteiger partial charge in [0.15, 0.2) is 0 Å². The van der Waals surface area contributed by atoms with E-state index in [-0.39, 0.29) is 0 Å². The maximum absolute atomic E-state index is 6.29. The molecule has 2 N–H and O–H groups in total. The van der Waals surface area contributed by atoms with Gasteiger partial charge in [-0.15, -0.1) is 0 Å². The molecule has 0 bridgehead atoms. The van der Waals surface area contributed by atoms with E-state index in [9.17, 15) is 0 Å². The zero-order valence-corrected chi connectivity index (χ0v) is 12.3. The fourth-order valence-electron chi connectivity index (χ4n) is 3.65. The molecule has 1 nitrogen and oxygen atoms in total. The highest BCUT2D eigenvalue weighted by molar-refractivity contribution is 5.33. The fraction of sp³-hybridized carbons (Fsp3) is 0.647. The molecule has 0 heterocycles. The molecule has 18 heavy (non-hydrogen) atoms. The van der Waals surface area contributed by atoms with E-state index in [1.807, 2.05) is 0 Å². The van der Waals surface area contributed by atoms with Gasteiger partial charge in [-0.05, 0) is 55.6 Å². The number of hydrogen-bond donors (Lipinski definition) is 1. The first-order valence-corrected chi connectivity index (χ1v) is 7.26. The van der Waals surface area contributed by atoms with Crippen molar-refractivity contribution >= 4 is 0 Å². The van der Waals surface area contributed by atoms with Crippen LogP contribution in [0.1, 0.15) is 62.1 Å². The van der Waals surface area contributed by atoms with Crippen molar-refractivity contribution in [3.05, 3.63) is 34.9 Å². The van der Waals surface area contributed by atoms with Crippen LogP contribution in [0.3, 0.4) is 0 Å². The van der Waals surface area contributed by atoms with Gasteiger partial charge in [0.25, 0.3) is 0 Å². The molecule has 0 aromatic heterocycles. The summed E-state index contributed by atoms with van der Waals surface area (Å²) in [4.78, 5) is 0. The van der Waals surface area contributed by atoms with Crippen LogP contribution in [-0.2, 0) is 0 Å². The first-order chi connectivity index (χ1) is 8.43. The molecule has 100 valence electrons. The zero-order valence-electron chi connectivity index (χ0n) is 12.3. The normalized spacial score (nSPS) is 32.5. The summed E-state index contributed by atoms with van der Waals surface area (Å²) >= 11 is 0. The molecule has 0 spiro atoms. The third-order valence-electron chi connectivity index (χ3n) is 4.80. The molecule has 3 atom stereocenters. The van der Waals surface area contributed by atoms with E-state index in [0.717, 1.165) is 6.42 Å². The Morgan fingerprint density at radius 3 is 2.61 bits per heavy atom. The Kier molecular flexibility index (Phi) is 3.82. The molecule has 2 unspecified atom stereocenters. The van der Waals surface area contributed by atoms with Crippen LogP contribution >= 0.6 is 0 Å². The third-order valence-corrected chi connectivity index (χ3v) is 4.80. The minimum absolute atomic E-state index is 0.370. The van der Waals surface area contributed by atoms with Crippen LogP contribution in [0.25, 0.3) is 0 Å². The predicted molar refractivity (Wildman–Crippen MR) is 78.9 cm³/mol. The maximum atomic E-state index is 6.29. The second kappa shape index (κ2) is 5.05. The molecule has 1 aromatic carbocycles. The third kappa shape index (κ3) is 2.77. The second-order valence-corrected chi connectivity index (χ2v) is 6.63. The lowest BCUT2D eigenvalue weighted by Gasteiger charge is -2.41. The van der Waals surface area contributed by atoms with E-state index in [1.165, 1.54) is 36.0 Å². The van der Waals surface area contributed by atoms with Crippen molar-refractivity contribution in [3.8, 4) is 0 Å². The Bertz CT molecular complexity index is 424. The van der Waals surface area contributed by atoms with Gasteiger partial charge in [-0.2, -0.15) is 0 Å². The summed E-state index contributed by atoms with van der Waals surface area (Å²) in [6.07, 6.45) is 4.87. The number of aryl methyl sites for hydroxylation is 2. The SMILES string of the molecule is CC[C@]1(C)CC(N)CC(c2ccc(C)cc2C)C1. The summed E-state index contributed by atoms with van der Waals surface area (Å²) in [6, 6.07) is 7.24. The summed E-state index contributed by atoms with van der Waals surface area (Å²) in [7, 11) is 0. The average Bonchev–Trinajstić information content (AvgIpc) is 2.27. The Labute approximate surface area is 112 Å². The van der Waals surface area contributed by atoms with Crippen LogP contribution in [0.5, 0.6) is 0 Å². The van der Waals surface area contributed by atoms with E-state index >= 15 is 0 Å². The Balaban J connectivity index is 2.27. The highest BCUT2D eigenvalue weighted by Crippen LogP contribution is 2.45. The Morgan fingerprint density at radius 1 is 1.28 bits per heavy atom. The molecule has 1 aliphatic rings. The van der Waals surface area contributed by atoms with Crippen LogP contribution < -0.4 is 5.73 Å². The van der Waals surface area contributed by atoms with Gasteiger partial charge in [0.2, 0.25) is 0 Å². The lowest BCUT2D eigenvalue weighted by molar-refractivity contribution is 0.167. The summed E-state index contributed by atoms with van der Waals surface area (Å²) < 4.78 is 0. The highest BCUT2D eigenvalue weighted by Gasteiger charge is 2.35. The second-order valence-electron chi connectivity index (χ2n) is 6.63. The molecule has 1 fully saturated rings. The quantitative estimate of drug-likeness (QED) is 0.825. The molecule has 0 amide bonds. The molecular weight excluding hydrogens is 218 g/mol. The van der Waals surface area contributed by atoms with E-state index in [4.69, 9.17) is 5.73 Å². The molecule has 1 saturated carbocycles. The van der Waals surface area contributed by atoms with E-state index in [1.54, 1.807) is 0 Å². The van der Waals surface area contributed by atoms with Crippen molar-refractivity contribution < 1.29 is 0 Å². The molecule has 1 aliphatic carbocycles. The smallest absolute Gasteiger partial charge is 0.00498 e. The highest BCUT2D eigenvalue weighted by atomic mass is 14.7. The molecular formula is C17H27N. The van der Waals surface area contributed by atoms with Gasteiger partial charge < -0.3 is 5.73 Å². The molecule has 1 heteroatoms. The van der Waals surface area contributed by atoms with Gasteiger partial charge in [-0.1, -0.05) is 44.0 Å². The van der Waals surface area contributed by atoms with E-state index in [2.05, 4.69) is 45.9 Å². The van der Waals surface area contributed by atoms with Gasteiger partial charge in [-0.25, -0.2) is 0 Å². The molecule has 0 radical (unpaired) electrons. The van der Waals surface area contributed by atoms with Crippen molar-refractivity contribution in [1.82, 2.24) is 0 Å². The monoisotopic (exact) mass is 245 g/mol. The van der Waals surface area contributed by atoms with Gasteiger partial charge in [0, 0.05) is 6.04 Å². The van der Waals surface area contributed by atoms with Crippen LogP contribution in [-0.4, -0.2) is 6.04 Å². The van der Waals surface area contributed by atoms with Crippen molar-refractivity contribution in [2.45, 2.75) is 65.3 Å². The Hall–Kier alpha value is -0.820. The number of nitrogens with two attached hydrogens (primary N) is 1. The standard InChI is InChI=1S/C17H27N/c1-5-17(4)10-14(9-15(18)11-17)16-7-6-12(2)8-13(16)3/h6-8,14-15H,5,9-11,18H2,1-4H3/t14?,15?,17-/m0/s1. The van der Waals surface area contributed by atoms with Crippen LogP contribution in [0, 0.1) is 19.3 Å².